The lowest BCUT2D eigenvalue weighted by molar-refractivity contribution is 0.0481. The van der Waals surface area contributed by atoms with Crippen molar-refractivity contribution >= 4 is 5.82 Å². The summed E-state index contributed by atoms with van der Waals surface area (Å²) >= 11 is 0. The molecule has 100 valence electrons. The van der Waals surface area contributed by atoms with Crippen LogP contribution in [0, 0.1) is 0 Å². The highest BCUT2D eigenvalue weighted by Crippen LogP contribution is 2.27. The van der Waals surface area contributed by atoms with Gasteiger partial charge in [-0.15, -0.1) is 0 Å². The summed E-state index contributed by atoms with van der Waals surface area (Å²) in [6.07, 6.45) is 4.43. The molecule has 2 heterocycles. The van der Waals surface area contributed by atoms with E-state index in [1.54, 1.807) is 0 Å². The predicted molar refractivity (Wildman–Crippen MR) is 73.5 cm³/mol. The van der Waals surface area contributed by atoms with Crippen LogP contribution in [0.15, 0.2) is 18.3 Å². The summed E-state index contributed by atoms with van der Waals surface area (Å²) in [7, 11) is 0. The van der Waals surface area contributed by atoms with E-state index in [-0.39, 0.29) is 6.04 Å². The number of pyridine rings is 1. The topological polar surface area (TPSA) is 62.4 Å². The Morgan fingerprint density at radius 1 is 1.44 bits per heavy atom. The van der Waals surface area contributed by atoms with E-state index in [2.05, 4.69) is 9.88 Å². The molecule has 2 unspecified atom stereocenters. The lowest BCUT2D eigenvalue weighted by atomic mass is 9.98. The highest BCUT2D eigenvalue weighted by Gasteiger charge is 2.26. The molecule has 4 nitrogen and oxygen atoms in total. The number of hydrogen-bond acceptors (Lipinski definition) is 4. The van der Waals surface area contributed by atoms with Gasteiger partial charge in [0.1, 0.15) is 5.82 Å². The average Bonchev–Trinajstić information content (AvgIpc) is 2.50. The molecule has 0 bridgehead atoms. The van der Waals surface area contributed by atoms with Crippen molar-refractivity contribution in [3.05, 3.63) is 23.9 Å². The second-order valence-electron chi connectivity index (χ2n) is 5.54. The molecule has 1 aromatic rings. The predicted octanol–water partition coefficient (Wildman–Crippen LogP) is 1.84. The van der Waals surface area contributed by atoms with Crippen LogP contribution in [0.25, 0.3) is 0 Å². The summed E-state index contributed by atoms with van der Waals surface area (Å²) in [6, 6.07) is 3.95. The average molecular weight is 249 g/mol. The molecule has 1 aromatic heterocycles. The van der Waals surface area contributed by atoms with Gasteiger partial charge in [0, 0.05) is 30.9 Å². The number of rotatable bonds is 2. The largest absolute Gasteiger partial charge is 0.390 e. The van der Waals surface area contributed by atoms with Crippen LogP contribution in [0.5, 0.6) is 0 Å². The molecule has 0 spiro atoms. The molecule has 2 rings (SSSR count). The zero-order valence-corrected chi connectivity index (χ0v) is 11.3. The van der Waals surface area contributed by atoms with Crippen molar-refractivity contribution in [3.8, 4) is 0 Å². The minimum atomic E-state index is -0.544. The molecular formula is C14H23N3O. The minimum Gasteiger partial charge on any atom is -0.390 e. The fourth-order valence-electron chi connectivity index (χ4n) is 2.50. The quantitative estimate of drug-likeness (QED) is 0.839. The fraction of sp³-hybridized carbons (Fsp3) is 0.643. The highest BCUT2D eigenvalue weighted by molar-refractivity contribution is 5.48. The van der Waals surface area contributed by atoms with Crippen LogP contribution in [0.2, 0.25) is 0 Å². The molecule has 2 atom stereocenters. The van der Waals surface area contributed by atoms with Gasteiger partial charge in [0.25, 0.3) is 0 Å². The van der Waals surface area contributed by atoms with Gasteiger partial charge in [0.2, 0.25) is 0 Å². The van der Waals surface area contributed by atoms with Crippen LogP contribution in [0.3, 0.4) is 0 Å². The molecular weight excluding hydrogens is 226 g/mol. The Morgan fingerprint density at radius 3 is 2.94 bits per heavy atom. The second-order valence-corrected chi connectivity index (χ2v) is 5.54. The summed E-state index contributed by atoms with van der Waals surface area (Å²) in [6.45, 7) is 5.67. The molecule has 18 heavy (non-hydrogen) atoms. The molecule has 3 N–H and O–H groups in total. The zero-order chi connectivity index (χ0) is 13.2. The normalized spacial score (nSPS) is 26.8. The summed E-state index contributed by atoms with van der Waals surface area (Å²) in [5.41, 5.74) is 6.54. The van der Waals surface area contributed by atoms with Crippen molar-refractivity contribution in [2.45, 2.75) is 44.8 Å². The van der Waals surface area contributed by atoms with Gasteiger partial charge in [0.05, 0.1) is 5.60 Å². The maximum atomic E-state index is 10.1. The first-order valence-electron chi connectivity index (χ1n) is 6.67. The first kappa shape index (κ1) is 13.3. The van der Waals surface area contributed by atoms with Crippen LogP contribution in [0.4, 0.5) is 5.82 Å². The zero-order valence-electron chi connectivity index (χ0n) is 11.3. The van der Waals surface area contributed by atoms with E-state index in [4.69, 9.17) is 5.73 Å². The molecule has 1 aliphatic heterocycles. The van der Waals surface area contributed by atoms with Crippen molar-refractivity contribution in [1.29, 1.82) is 0 Å². The number of anilines is 1. The number of nitrogens with zero attached hydrogens (tertiary/aromatic N) is 2. The molecule has 0 amide bonds. The molecule has 0 aliphatic carbocycles. The van der Waals surface area contributed by atoms with Gasteiger partial charge in [-0.05, 0) is 39.2 Å². The summed E-state index contributed by atoms with van der Waals surface area (Å²) in [4.78, 5) is 6.73. The first-order valence-corrected chi connectivity index (χ1v) is 6.67. The number of nitrogens with two attached hydrogens (primary N) is 1. The first-order chi connectivity index (χ1) is 8.49. The van der Waals surface area contributed by atoms with Gasteiger partial charge in [0.15, 0.2) is 0 Å². The Labute approximate surface area is 109 Å². The molecule has 4 heteroatoms. The Morgan fingerprint density at radius 2 is 2.22 bits per heavy atom. The number of hydrogen-bond donors (Lipinski definition) is 2. The summed E-state index contributed by atoms with van der Waals surface area (Å²) < 4.78 is 0. The number of aromatic nitrogens is 1. The molecule has 0 saturated carbocycles. The van der Waals surface area contributed by atoms with Crippen LogP contribution in [0.1, 0.15) is 44.7 Å². The van der Waals surface area contributed by atoms with Gasteiger partial charge in [-0.25, -0.2) is 4.98 Å². The van der Waals surface area contributed by atoms with Crippen LogP contribution >= 0.6 is 0 Å². The van der Waals surface area contributed by atoms with Crippen molar-refractivity contribution in [1.82, 2.24) is 4.98 Å². The molecule has 1 fully saturated rings. The van der Waals surface area contributed by atoms with Crippen molar-refractivity contribution in [2.75, 3.05) is 18.0 Å². The third-order valence-electron chi connectivity index (χ3n) is 3.67. The van der Waals surface area contributed by atoms with E-state index in [9.17, 15) is 5.11 Å². The van der Waals surface area contributed by atoms with Gasteiger partial charge in [-0.2, -0.15) is 0 Å². The van der Waals surface area contributed by atoms with E-state index < -0.39 is 5.60 Å². The number of aliphatic hydroxyl groups is 1. The summed E-state index contributed by atoms with van der Waals surface area (Å²) in [5, 5.41) is 10.1. The van der Waals surface area contributed by atoms with E-state index in [1.165, 1.54) is 0 Å². The molecule has 1 saturated heterocycles. The van der Waals surface area contributed by atoms with Gasteiger partial charge in [-0.1, -0.05) is 6.07 Å². The maximum absolute atomic E-state index is 10.1. The molecule has 0 aromatic carbocycles. The summed E-state index contributed by atoms with van der Waals surface area (Å²) in [5.74, 6) is 0.977. The molecule has 1 aliphatic rings. The monoisotopic (exact) mass is 249 g/mol. The third kappa shape index (κ3) is 3.00. The van der Waals surface area contributed by atoms with Crippen LogP contribution in [-0.4, -0.2) is 28.8 Å². The fourth-order valence-corrected chi connectivity index (χ4v) is 2.50. The Kier molecular flexibility index (Phi) is 3.88. The third-order valence-corrected chi connectivity index (χ3v) is 3.67. The highest BCUT2D eigenvalue weighted by atomic mass is 16.3. The molecule has 0 radical (unpaired) electrons. The minimum absolute atomic E-state index is 0.0162. The van der Waals surface area contributed by atoms with Crippen molar-refractivity contribution in [3.63, 3.8) is 0 Å². The Bertz CT molecular complexity index is 404. The van der Waals surface area contributed by atoms with Crippen LogP contribution in [-0.2, 0) is 0 Å². The van der Waals surface area contributed by atoms with Gasteiger partial charge < -0.3 is 15.7 Å². The van der Waals surface area contributed by atoms with Gasteiger partial charge >= 0.3 is 0 Å². The lowest BCUT2D eigenvalue weighted by Gasteiger charge is -2.26. The second kappa shape index (κ2) is 5.24. The Hall–Kier alpha value is -1.13. The lowest BCUT2D eigenvalue weighted by Crippen LogP contribution is -2.30. The van der Waals surface area contributed by atoms with E-state index >= 15 is 0 Å². The maximum Gasteiger partial charge on any atom is 0.133 e. The van der Waals surface area contributed by atoms with Crippen LogP contribution < -0.4 is 10.6 Å². The van der Waals surface area contributed by atoms with E-state index in [0.717, 1.165) is 43.7 Å². The standard InChI is InChI=1S/C14H23N3O/c1-11(15)12-5-3-8-16-13(12)17-9-4-6-14(2,18)7-10-17/h3,5,8,11,18H,4,6-7,9-10,15H2,1-2H3. The van der Waals surface area contributed by atoms with E-state index in [1.807, 2.05) is 32.2 Å². The van der Waals surface area contributed by atoms with Gasteiger partial charge in [-0.3, -0.25) is 0 Å². The van der Waals surface area contributed by atoms with Crippen molar-refractivity contribution < 1.29 is 5.11 Å². The SMILES string of the molecule is CC(N)c1cccnc1N1CCCC(C)(O)CC1. The Balaban J connectivity index is 2.21. The van der Waals surface area contributed by atoms with Crippen molar-refractivity contribution in [2.24, 2.45) is 5.73 Å². The van der Waals surface area contributed by atoms with E-state index in [0.29, 0.717) is 0 Å². The smallest absolute Gasteiger partial charge is 0.133 e.